The van der Waals surface area contributed by atoms with E-state index in [1.54, 1.807) is 0 Å². The number of carbonyl (C=O) groups excluding carboxylic acids is 4. The normalized spacial score (nSPS) is 23.3. The molecule has 1 aliphatic carbocycles. The zero-order chi connectivity index (χ0) is 25.8. The Labute approximate surface area is 208 Å². The smallest absolute Gasteiger partial charge is 0.353 e. The third-order valence-corrected chi connectivity index (χ3v) is 7.20. The fourth-order valence-corrected chi connectivity index (χ4v) is 5.43. The summed E-state index contributed by atoms with van der Waals surface area (Å²) in [6.45, 7) is 6.85. The number of amides is 6. The quantitative estimate of drug-likeness (QED) is 0.117. The van der Waals surface area contributed by atoms with Gasteiger partial charge in [0, 0.05) is 39.0 Å². The lowest BCUT2D eigenvalue weighted by Crippen LogP contribution is -2.66. The molecule has 11 heteroatoms. The molecule has 1 aliphatic heterocycles. The van der Waals surface area contributed by atoms with Gasteiger partial charge in [-0.3, -0.25) is 10.0 Å². The fraction of sp³-hybridized carbons (Fsp3) is 0.833. The van der Waals surface area contributed by atoms with Gasteiger partial charge in [-0.2, -0.15) is 4.48 Å². The summed E-state index contributed by atoms with van der Waals surface area (Å²) in [5.41, 5.74) is 0. The Bertz CT molecular complexity index is 710. The van der Waals surface area contributed by atoms with Gasteiger partial charge in [0.15, 0.2) is 6.29 Å². The van der Waals surface area contributed by atoms with Crippen LogP contribution in [0.25, 0.3) is 0 Å². The zero-order valence-corrected chi connectivity index (χ0v) is 21.4. The number of hydroxylamine groups is 2. The number of carbonyl (C=O) groups is 4. The predicted octanol–water partition coefficient (Wildman–Crippen LogP) is 2.76. The molecule has 0 aromatic heterocycles. The fourth-order valence-electron chi connectivity index (χ4n) is 5.43. The summed E-state index contributed by atoms with van der Waals surface area (Å²) >= 11 is 0. The molecule has 200 valence electrons. The first-order chi connectivity index (χ1) is 16.8. The van der Waals surface area contributed by atoms with E-state index in [4.69, 9.17) is 9.47 Å². The average Bonchev–Trinajstić information content (AvgIpc) is 3.48. The maximum Gasteiger partial charge on any atom is 0.432 e. The third kappa shape index (κ3) is 7.96. The molecule has 35 heavy (non-hydrogen) atoms. The van der Waals surface area contributed by atoms with Crippen LogP contribution in [0.2, 0.25) is 0 Å². The lowest BCUT2D eigenvalue weighted by atomic mass is 9.91. The number of hydrogen-bond acceptors (Lipinski definition) is 7. The van der Waals surface area contributed by atoms with Crippen molar-refractivity contribution in [1.82, 2.24) is 15.7 Å². The molecule has 0 radical (unpaired) electrons. The van der Waals surface area contributed by atoms with E-state index >= 15 is 0 Å². The van der Waals surface area contributed by atoms with Crippen LogP contribution in [0, 0.1) is 11.8 Å². The molecule has 1 saturated carbocycles. The lowest BCUT2D eigenvalue weighted by molar-refractivity contribution is -0.786. The van der Waals surface area contributed by atoms with E-state index in [0.717, 1.165) is 25.7 Å². The van der Waals surface area contributed by atoms with Crippen molar-refractivity contribution in [3.05, 3.63) is 0 Å². The van der Waals surface area contributed by atoms with Crippen LogP contribution in [0.15, 0.2) is 0 Å². The highest BCUT2D eigenvalue weighted by Gasteiger charge is 2.55. The summed E-state index contributed by atoms with van der Waals surface area (Å²) < 4.78 is 10.4. The van der Waals surface area contributed by atoms with Crippen molar-refractivity contribution in [2.24, 2.45) is 11.8 Å². The number of nitrogens with zero attached hydrogens (tertiary/aromatic N) is 2. The van der Waals surface area contributed by atoms with E-state index in [1.165, 1.54) is 0 Å². The Hall–Kier alpha value is -2.08. The van der Waals surface area contributed by atoms with Gasteiger partial charge in [0.2, 0.25) is 6.41 Å². The van der Waals surface area contributed by atoms with Gasteiger partial charge in [0.05, 0.1) is 19.0 Å². The topological polar surface area (TPSA) is 134 Å². The lowest BCUT2D eigenvalue weighted by Gasteiger charge is -2.36. The number of quaternary nitrogens is 1. The van der Waals surface area contributed by atoms with Crippen LogP contribution < -0.4 is 10.6 Å². The molecule has 2 rings (SSSR count). The van der Waals surface area contributed by atoms with Crippen LogP contribution in [0.3, 0.4) is 0 Å². The summed E-state index contributed by atoms with van der Waals surface area (Å²) in [7, 11) is 0. The molecule has 11 nitrogen and oxygen atoms in total. The summed E-state index contributed by atoms with van der Waals surface area (Å²) in [5.74, 6) is -0.724. The Balaban J connectivity index is 2.09. The minimum absolute atomic E-state index is 0.165. The molecule has 0 spiro atoms. The summed E-state index contributed by atoms with van der Waals surface area (Å²) in [6, 6.07) is -1.67. The number of ether oxygens (including phenoxy) is 2. The van der Waals surface area contributed by atoms with Crippen molar-refractivity contribution < 1.29 is 38.3 Å². The van der Waals surface area contributed by atoms with E-state index in [-0.39, 0.29) is 38.0 Å². The second kappa shape index (κ2) is 14.5. The first-order valence-electron chi connectivity index (χ1n) is 12.9. The summed E-state index contributed by atoms with van der Waals surface area (Å²) in [5, 5.41) is 15.3. The molecule has 0 bridgehead atoms. The predicted molar refractivity (Wildman–Crippen MR) is 127 cm³/mol. The molecule has 2 aliphatic rings. The number of urea groups is 2. The largest absolute Gasteiger partial charge is 0.432 e. The van der Waals surface area contributed by atoms with Crippen LogP contribution in [0.1, 0.15) is 72.1 Å². The molecule has 6 amide bonds. The van der Waals surface area contributed by atoms with Crippen molar-refractivity contribution in [1.29, 1.82) is 0 Å². The van der Waals surface area contributed by atoms with Crippen LogP contribution in [0.4, 0.5) is 9.59 Å². The average molecular weight is 500 g/mol. The van der Waals surface area contributed by atoms with Crippen molar-refractivity contribution in [3.63, 3.8) is 0 Å². The number of likely N-dealkylation sites (tertiary alicyclic amines) is 1. The van der Waals surface area contributed by atoms with E-state index < -0.39 is 28.8 Å². The SMILES string of the molecule is CCOC(CCNC(=O)NC(=O)[N+]1(C(=O)[C@H](CC2CCCC2)CN(O)C=O)CCC[C@H]1C)OCC. The van der Waals surface area contributed by atoms with Crippen LogP contribution >= 0.6 is 0 Å². The van der Waals surface area contributed by atoms with Gasteiger partial charge in [-0.05, 0) is 33.1 Å². The Morgan fingerprint density at radius 1 is 1.11 bits per heavy atom. The van der Waals surface area contributed by atoms with E-state index in [1.807, 2.05) is 20.8 Å². The van der Waals surface area contributed by atoms with E-state index in [0.29, 0.717) is 49.9 Å². The van der Waals surface area contributed by atoms with Gasteiger partial charge in [0.25, 0.3) is 0 Å². The van der Waals surface area contributed by atoms with Gasteiger partial charge in [-0.1, -0.05) is 25.7 Å². The van der Waals surface area contributed by atoms with E-state index in [2.05, 4.69) is 10.6 Å². The maximum atomic E-state index is 13.9. The molecule has 1 saturated heterocycles. The first kappa shape index (κ1) is 29.2. The molecular weight excluding hydrogens is 456 g/mol. The van der Waals surface area contributed by atoms with Crippen LogP contribution in [0.5, 0.6) is 0 Å². The standard InChI is InChI=1S/C24H42N4O7/c1-4-34-21(35-5-2)12-13-25-23(31)26-24(32)28(14-8-9-18(28)3)22(30)20(16-27(33)17-29)15-19-10-6-7-11-19/h17-21,33H,4-16H2,1-3H3,(H-,25,26,31,32)/p+1/t18-,20-,28?/m1/s1. The molecule has 3 atom stereocenters. The molecule has 1 unspecified atom stereocenters. The molecule has 3 N–H and O–H groups in total. The third-order valence-electron chi connectivity index (χ3n) is 7.20. The second-order valence-corrected chi connectivity index (χ2v) is 9.55. The van der Waals surface area contributed by atoms with E-state index in [9.17, 15) is 24.4 Å². The molecule has 1 heterocycles. The monoisotopic (exact) mass is 499 g/mol. The van der Waals surface area contributed by atoms with Crippen molar-refractivity contribution >= 4 is 24.4 Å². The summed E-state index contributed by atoms with van der Waals surface area (Å²) in [6.07, 6.45) is 6.24. The van der Waals surface area contributed by atoms with Gasteiger partial charge in [-0.15, -0.1) is 0 Å². The highest BCUT2D eigenvalue weighted by atomic mass is 16.7. The number of hydrogen-bond donors (Lipinski definition) is 3. The molecule has 0 aromatic carbocycles. The second-order valence-electron chi connectivity index (χ2n) is 9.55. The molecule has 0 aromatic rings. The number of nitrogens with one attached hydrogen (secondary N) is 2. The maximum absolute atomic E-state index is 13.9. The number of imide groups is 2. The van der Waals surface area contributed by atoms with Gasteiger partial charge in [0.1, 0.15) is 6.04 Å². The van der Waals surface area contributed by atoms with Crippen molar-refractivity contribution in [2.45, 2.75) is 84.5 Å². The van der Waals surface area contributed by atoms with Gasteiger partial charge in [-0.25, -0.2) is 24.8 Å². The van der Waals surface area contributed by atoms with Gasteiger partial charge < -0.3 is 14.8 Å². The highest BCUT2D eigenvalue weighted by Crippen LogP contribution is 2.35. The molecular formula is C24H43N4O7+. The first-order valence-corrected chi connectivity index (χ1v) is 12.9. The highest BCUT2D eigenvalue weighted by molar-refractivity contribution is 5.95. The van der Waals surface area contributed by atoms with Crippen LogP contribution in [-0.4, -0.2) is 84.3 Å². The van der Waals surface area contributed by atoms with Gasteiger partial charge >= 0.3 is 18.0 Å². The van der Waals surface area contributed by atoms with Crippen molar-refractivity contribution in [2.75, 3.05) is 32.8 Å². The Morgan fingerprint density at radius 2 is 1.77 bits per heavy atom. The summed E-state index contributed by atoms with van der Waals surface area (Å²) in [4.78, 5) is 50.9. The minimum atomic E-state index is -0.694. The Morgan fingerprint density at radius 3 is 2.31 bits per heavy atom. The molecule has 2 fully saturated rings. The van der Waals surface area contributed by atoms with Crippen molar-refractivity contribution in [3.8, 4) is 0 Å². The Kier molecular flexibility index (Phi) is 12.1. The zero-order valence-electron chi connectivity index (χ0n) is 21.4. The minimum Gasteiger partial charge on any atom is -0.353 e. The number of rotatable bonds is 13. The van der Waals surface area contributed by atoms with Crippen LogP contribution in [-0.2, 0) is 19.1 Å².